The normalized spacial score (nSPS) is 48.8. The summed E-state index contributed by atoms with van der Waals surface area (Å²) in [5.74, 6) is -3.07. The summed E-state index contributed by atoms with van der Waals surface area (Å²) >= 11 is 0. The van der Waals surface area contributed by atoms with Gasteiger partial charge in [0.2, 0.25) is 0 Å². The number of carbonyl (C=O) groups is 1. The van der Waals surface area contributed by atoms with E-state index >= 15 is 0 Å². The molecule has 80 valence electrons. The van der Waals surface area contributed by atoms with Crippen LogP contribution in [0.3, 0.4) is 0 Å². The van der Waals surface area contributed by atoms with Crippen molar-refractivity contribution >= 4 is 5.78 Å². The summed E-state index contributed by atoms with van der Waals surface area (Å²) in [5.41, 5.74) is -2.16. The zero-order valence-corrected chi connectivity index (χ0v) is 8.24. The van der Waals surface area contributed by atoms with E-state index < -0.39 is 22.9 Å². The summed E-state index contributed by atoms with van der Waals surface area (Å²) in [5, 5.41) is 0. The lowest BCUT2D eigenvalue weighted by Crippen LogP contribution is -2.21. The van der Waals surface area contributed by atoms with Crippen molar-refractivity contribution in [2.45, 2.75) is 45.2 Å². The largest absolute Gasteiger partial charge is 0.299 e. The third-order valence-electron chi connectivity index (χ3n) is 3.69. The number of Topliss-reactive ketones (excluding diaryl/α,β-unsaturated/α-hetero) is 1. The molecule has 0 heterocycles. The molecule has 0 saturated heterocycles. The molecule has 0 aromatic rings. The average Bonchev–Trinajstić information content (AvgIpc) is 2.73. The quantitative estimate of drug-likeness (QED) is 0.693. The summed E-state index contributed by atoms with van der Waals surface area (Å²) < 4.78 is 38.4. The van der Waals surface area contributed by atoms with E-state index in [4.69, 9.17) is 0 Å². The van der Waals surface area contributed by atoms with E-state index in [0.29, 0.717) is 0 Å². The van der Waals surface area contributed by atoms with Crippen molar-refractivity contribution in [3.8, 4) is 0 Å². The number of halogens is 3. The molecule has 0 N–H and O–H groups in total. The molecule has 0 bridgehead atoms. The molecule has 2 fully saturated rings. The smallest absolute Gasteiger partial charge is 0.254 e. The van der Waals surface area contributed by atoms with Crippen molar-refractivity contribution in [1.29, 1.82) is 0 Å². The molecule has 0 amide bonds. The fraction of sp³-hybridized carbons (Fsp3) is 0.900. The summed E-state index contributed by atoms with van der Waals surface area (Å²) in [4.78, 5) is 11.5. The lowest BCUT2D eigenvalue weighted by atomic mass is 9.92. The summed E-state index contributed by atoms with van der Waals surface area (Å²) in [6, 6.07) is 0. The van der Waals surface area contributed by atoms with E-state index in [0.717, 1.165) is 0 Å². The Bertz CT molecular complexity index is 302. The predicted molar refractivity (Wildman–Crippen MR) is 44.9 cm³/mol. The molecule has 2 aliphatic rings. The molecule has 4 heteroatoms. The van der Waals surface area contributed by atoms with E-state index in [1.165, 1.54) is 13.8 Å². The Morgan fingerprint density at radius 1 is 1.43 bits per heavy atom. The van der Waals surface area contributed by atoms with Gasteiger partial charge in [0.05, 0.1) is 5.41 Å². The Balaban J connectivity index is 1.98. The van der Waals surface area contributed by atoms with Gasteiger partial charge in [-0.2, -0.15) is 0 Å². The molecule has 2 saturated carbocycles. The monoisotopic (exact) mass is 206 g/mol. The van der Waals surface area contributed by atoms with Crippen molar-refractivity contribution in [3.63, 3.8) is 0 Å². The van der Waals surface area contributed by atoms with Crippen LogP contribution in [0.5, 0.6) is 0 Å². The maximum atomic E-state index is 12.8. The standard InChI is InChI=1S/C10H13F3O/c1-8(5-10(8,12)13)4-7(14)9(2)3-6(9)11/h6H,3-5H2,1-2H3. The van der Waals surface area contributed by atoms with Crippen LogP contribution in [0.2, 0.25) is 0 Å². The highest BCUT2D eigenvalue weighted by atomic mass is 19.3. The van der Waals surface area contributed by atoms with Gasteiger partial charge in [-0.05, 0) is 13.3 Å². The highest BCUT2D eigenvalue weighted by Crippen LogP contribution is 2.64. The van der Waals surface area contributed by atoms with Gasteiger partial charge in [-0.25, -0.2) is 13.2 Å². The lowest BCUT2D eigenvalue weighted by Gasteiger charge is -2.12. The second-order valence-electron chi connectivity index (χ2n) is 5.13. The van der Waals surface area contributed by atoms with Crippen LogP contribution in [0.4, 0.5) is 13.2 Å². The topological polar surface area (TPSA) is 17.1 Å². The van der Waals surface area contributed by atoms with E-state index in [-0.39, 0.29) is 25.0 Å². The Hall–Kier alpha value is -0.540. The van der Waals surface area contributed by atoms with Gasteiger partial charge in [0.1, 0.15) is 12.0 Å². The highest BCUT2D eigenvalue weighted by Gasteiger charge is 2.70. The van der Waals surface area contributed by atoms with Crippen molar-refractivity contribution in [2.24, 2.45) is 10.8 Å². The number of hydrogen-bond acceptors (Lipinski definition) is 1. The fourth-order valence-corrected chi connectivity index (χ4v) is 1.80. The van der Waals surface area contributed by atoms with Gasteiger partial charge in [0, 0.05) is 18.3 Å². The van der Waals surface area contributed by atoms with E-state index in [2.05, 4.69) is 0 Å². The number of alkyl halides is 3. The molecule has 1 nitrogen and oxygen atoms in total. The van der Waals surface area contributed by atoms with Gasteiger partial charge in [0.25, 0.3) is 5.92 Å². The van der Waals surface area contributed by atoms with Gasteiger partial charge in [-0.15, -0.1) is 0 Å². The number of carbonyl (C=O) groups excluding carboxylic acids is 1. The van der Waals surface area contributed by atoms with Crippen LogP contribution < -0.4 is 0 Å². The minimum absolute atomic E-state index is 0.184. The molecule has 0 aromatic carbocycles. The molecule has 2 aliphatic carbocycles. The minimum atomic E-state index is -2.72. The molecule has 2 rings (SSSR count). The Kier molecular flexibility index (Phi) is 1.67. The zero-order valence-electron chi connectivity index (χ0n) is 8.24. The van der Waals surface area contributed by atoms with Crippen LogP contribution in [0.1, 0.15) is 33.1 Å². The summed E-state index contributed by atoms with van der Waals surface area (Å²) in [7, 11) is 0. The molecule has 0 radical (unpaired) electrons. The lowest BCUT2D eigenvalue weighted by molar-refractivity contribution is -0.126. The molecule has 0 spiro atoms. The van der Waals surface area contributed by atoms with Crippen molar-refractivity contribution in [1.82, 2.24) is 0 Å². The minimum Gasteiger partial charge on any atom is -0.299 e. The Morgan fingerprint density at radius 3 is 2.14 bits per heavy atom. The first-order valence-electron chi connectivity index (χ1n) is 4.76. The van der Waals surface area contributed by atoms with E-state index in [1.807, 2.05) is 0 Å². The van der Waals surface area contributed by atoms with Crippen LogP contribution in [0, 0.1) is 10.8 Å². The second kappa shape index (κ2) is 2.34. The van der Waals surface area contributed by atoms with Gasteiger partial charge < -0.3 is 0 Å². The summed E-state index contributed by atoms with van der Waals surface area (Å²) in [6.07, 6.45) is -1.34. The van der Waals surface area contributed by atoms with Crippen molar-refractivity contribution < 1.29 is 18.0 Å². The molecular weight excluding hydrogens is 193 g/mol. The van der Waals surface area contributed by atoms with Gasteiger partial charge in [-0.1, -0.05) is 6.92 Å². The molecule has 0 aromatic heterocycles. The van der Waals surface area contributed by atoms with Crippen LogP contribution in [0.25, 0.3) is 0 Å². The number of ketones is 1. The van der Waals surface area contributed by atoms with Crippen LogP contribution in [-0.2, 0) is 4.79 Å². The van der Waals surface area contributed by atoms with E-state index in [1.54, 1.807) is 0 Å². The second-order valence-corrected chi connectivity index (χ2v) is 5.13. The van der Waals surface area contributed by atoms with Gasteiger partial charge in [-0.3, -0.25) is 4.79 Å². The first kappa shape index (κ1) is 9.99. The third kappa shape index (κ3) is 1.19. The fourth-order valence-electron chi connectivity index (χ4n) is 1.80. The molecule has 0 aliphatic heterocycles. The highest BCUT2D eigenvalue weighted by molar-refractivity contribution is 5.89. The first-order valence-corrected chi connectivity index (χ1v) is 4.76. The zero-order chi connectivity index (χ0) is 10.8. The number of hydrogen-bond donors (Lipinski definition) is 0. The average molecular weight is 206 g/mol. The van der Waals surface area contributed by atoms with Crippen LogP contribution in [0.15, 0.2) is 0 Å². The molecule has 3 atom stereocenters. The van der Waals surface area contributed by atoms with Crippen molar-refractivity contribution in [3.05, 3.63) is 0 Å². The Morgan fingerprint density at radius 2 is 1.86 bits per heavy atom. The third-order valence-corrected chi connectivity index (χ3v) is 3.69. The summed E-state index contributed by atoms with van der Waals surface area (Å²) in [6.45, 7) is 2.91. The molecular formula is C10H13F3O. The maximum absolute atomic E-state index is 12.8. The van der Waals surface area contributed by atoms with Crippen LogP contribution >= 0.6 is 0 Å². The van der Waals surface area contributed by atoms with E-state index in [9.17, 15) is 18.0 Å². The van der Waals surface area contributed by atoms with Gasteiger partial charge in [0.15, 0.2) is 0 Å². The van der Waals surface area contributed by atoms with Crippen LogP contribution in [-0.4, -0.2) is 17.9 Å². The number of rotatable bonds is 3. The predicted octanol–water partition coefficient (Wildman–Crippen LogP) is 2.74. The first-order chi connectivity index (χ1) is 6.21. The Labute approximate surface area is 80.7 Å². The molecule has 14 heavy (non-hydrogen) atoms. The molecule has 3 unspecified atom stereocenters. The maximum Gasteiger partial charge on any atom is 0.254 e. The van der Waals surface area contributed by atoms with Gasteiger partial charge >= 0.3 is 0 Å². The van der Waals surface area contributed by atoms with Crippen molar-refractivity contribution in [2.75, 3.05) is 0 Å². The SMILES string of the molecule is CC1(C(=O)CC2(C)CC2(F)F)CC1F.